The fourth-order valence-corrected chi connectivity index (χ4v) is 2.53. The third kappa shape index (κ3) is 6.83. The maximum Gasteiger partial charge on any atom is 0.0788 e. The molecule has 0 unspecified atom stereocenters. The molecule has 0 aromatic heterocycles. The van der Waals surface area contributed by atoms with Crippen molar-refractivity contribution in [2.45, 2.75) is 52.9 Å². The van der Waals surface area contributed by atoms with Crippen molar-refractivity contribution in [3.8, 4) is 0 Å². The summed E-state index contributed by atoms with van der Waals surface area (Å²) < 4.78 is 1.45. The number of carbonyl (C=O) groups is 1. The van der Waals surface area contributed by atoms with E-state index in [1.165, 1.54) is 62.8 Å². The van der Waals surface area contributed by atoms with Crippen molar-refractivity contribution in [1.82, 2.24) is 0 Å². The van der Waals surface area contributed by atoms with E-state index in [1.807, 2.05) is 0 Å². The molecule has 0 saturated carbocycles. The van der Waals surface area contributed by atoms with Crippen molar-refractivity contribution in [1.29, 1.82) is 0 Å². The third-order valence-electron chi connectivity index (χ3n) is 3.20. The minimum atomic E-state index is -1.08. The standard InChI is InChI=1S/C11H24N.C2H4O2/c1-3-5-9-12(8-4-2)10-6-7-11-12;1-2(3)4/h3-11H2,1-2H3;1H3,(H,3,4)/q+1;/p-1. The Morgan fingerprint density at radius 2 is 1.62 bits per heavy atom. The van der Waals surface area contributed by atoms with E-state index in [0.717, 1.165) is 6.92 Å². The Hall–Kier alpha value is -0.570. The van der Waals surface area contributed by atoms with Gasteiger partial charge in [-0.3, -0.25) is 0 Å². The van der Waals surface area contributed by atoms with Crippen LogP contribution in [0.2, 0.25) is 0 Å². The fraction of sp³-hybridized carbons (Fsp3) is 0.923. The smallest absolute Gasteiger partial charge is 0.0788 e. The van der Waals surface area contributed by atoms with Crippen LogP contribution in [0.4, 0.5) is 0 Å². The Bertz CT molecular complexity index is 182. The summed E-state index contributed by atoms with van der Waals surface area (Å²) in [4.78, 5) is 8.89. The van der Waals surface area contributed by atoms with Crippen molar-refractivity contribution in [2.75, 3.05) is 26.2 Å². The average molecular weight is 229 g/mol. The van der Waals surface area contributed by atoms with E-state index >= 15 is 0 Å². The lowest BCUT2D eigenvalue weighted by Gasteiger charge is -2.34. The molecule has 1 fully saturated rings. The van der Waals surface area contributed by atoms with Crippen LogP contribution in [0.5, 0.6) is 0 Å². The highest BCUT2D eigenvalue weighted by Crippen LogP contribution is 2.20. The Kier molecular flexibility index (Phi) is 8.26. The van der Waals surface area contributed by atoms with E-state index in [0.29, 0.717) is 0 Å². The van der Waals surface area contributed by atoms with Crippen LogP contribution in [0.15, 0.2) is 0 Å². The van der Waals surface area contributed by atoms with Crippen LogP contribution in [0.1, 0.15) is 52.9 Å². The lowest BCUT2D eigenvalue weighted by atomic mass is 10.2. The Balaban J connectivity index is 0.000000487. The first-order valence-electron chi connectivity index (χ1n) is 6.59. The maximum absolute atomic E-state index is 8.89. The summed E-state index contributed by atoms with van der Waals surface area (Å²) >= 11 is 0. The summed E-state index contributed by atoms with van der Waals surface area (Å²) in [5.41, 5.74) is 0. The molecule has 0 amide bonds. The molecular formula is C13H27NO2. The zero-order valence-electron chi connectivity index (χ0n) is 11.1. The summed E-state index contributed by atoms with van der Waals surface area (Å²) in [5.74, 6) is -1.08. The summed E-state index contributed by atoms with van der Waals surface area (Å²) in [6, 6.07) is 0. The zero-order valence-corrected chi connectivity index (χ0v) is 11.1. The highest BCUT2D eigenvalue weighted by Gasteiger charge is 2.29. The number of carboxylic acids is 1. The summed E-state index contributed by atoms with van der Waals surface area (Å²) in [5, 5.41) is 8.89. The lowest BCUT2D eigenvalue weighted by molar-refractivity contribution is -0.917. The van der Waals surface area contributed by atoms with E-state index in [2.05, 4.69) is 13.8 Å². The van der Waals surface area contributed by atoms with Crippen molar-refractivity contribution >= 4 is 5.97 Å². The first kappa shape index (κ1) is 15.4. The van der Waals surface area contributed by atoms with E-state index in [-0.39, 0.29) is 0 Å². The molecule has 0 spiro atoms. The van der Waals surface area contributed by atoms with Gasteiger partial charge < -0.3 is 14.4 Å². The van der Waals surface area contributed by atoms with Crippen LogP contribution in [-0.2, 0) is 4.79 Å². The molecule has 3 heteroatoms. The number of nitrogens with zero attached hydrogens (tertiary/aromatic N) is 1. The topological polar surface area (TPSA) is 40.1 Å². The van der Waals surface area contributed by atoms with Gasteiger partial charge in [0.05, 0.1) is 26.2 Å². The van der Waals surface area contributed by atoms with Gasteiger partial charge in [-0.15, -0.1) is 0 Å². The molecule has 3 nitrogen and oxygen atoms in total. The van der Waals surface area contributed by atoms with Gasteiger partial charge in [0.1, 0.15) is 0 Å². The van der Waals surface area contributed by atoms with Crippen molar-refractivity contribution in [2.24, 2.45) is 0 Å². The number of carboxylic acid groups (broad SMARTS) is 1. The van der Waals surface area contributed by atoms with Gasteiger partial charge in [0, 0.05) is 18.8 Å². The predicted octanol–water partition coefficient (Wildman–Crippen LogP) is 1.56. The van der Waals surface area contributed by atoms with Gasteiger partial charge in [-0.25, -0.2) is 0 Å². The first-order valence-corrected chi connectivity index (χ1v) is 6.59. The van der Waals surface area contributed by atoms with E-state index in [4.69, 9.17) is 9.90 Å². The van der Waals surface area contributed by atoms with Gasteiger partial charge in [0.2, 0.25) is 0 Å². The minimum Gasteiger partial charge on any atom is -0.550 e. The van der Waals surface area contributed by atoms with Gasteiger partial charge in [-0.2, -0.15) is 0 Å². The van der Waals surface area contributed by atoms with Crippen LogP contribution < -0.4 is 5.11 Å². The summed E-state index contributed by atoms with van der Waals surface area (Å²) in [6.45, 7) is 11.4. The molecule has 0 bridgehead atoms. The number of rotatable bonds is 5. The molecule has 0 N–H and O–H groups in total. The highest BCUT2D eigenvalue weighted by molar-refractivity contribution is 5.60. The van der Waals surface area contributed by atoms with Crippen molar-refractivity contribution < 1.29 is 14.4 Å². The van der Waals surface area contributed by atoms with Gasteiger partial charge in [0.15, 0.2) is 0 Å². The number of quaternary nitrogens is 1. The van der Waals surface area contributed by atoms with E-state index < -0.39 is 5.97 Å². The Morgan fingerprint density at radius 1 is 1.12 bits per heavy atom. The quantitative estimate of drug-likeness (QED) is 0.671. The molecule has 1 rings (SSSR count). The average Bonchev–Trinajstić information content (AvgIpc) is 2.64. The normalized spacial score (nSPS) is 17.7. The largest absolute Gasteiger partial charge is 0.550 e. The number of carbonyl (C=O) groups excluding carboxylic acids is 1. The molecule has 0 radical (unpaired) electrons. The highest BCUT2D eigenvalue weighted by atomic mass is 16.4. The van der Waals surface area contributed by atoms with Crippen LogP contribution >= 0.6 is 0 Å². The second-order valence-electron chi connectivity index (χ2n) is 4.79. The molecule has 96 valence electrons. The van der Waals surface area contributed by atoms with Crippen LogP contribution in [-0.4, -0.2) is 36.6 Å². The molecule has 1 saturated heterocycles. The number of aliphatic carboxylic acids is 1. The van der Waals surface area contributed by atoms with Gasteiger partial charge in [-0.1, -0.05) is 20.3 Å². The molecule has 1 aliphatic rings. The zero-order chi connectivity index (χ0) is 12.4. The Labute approximate surface area is 100 Å². The SMILES string of the molecule is CC(=O)[O-].CCCC[N+]1(CCC)CCCC1. The van der Waals surface area contributed by atoms with Gasteiger partial charge >= 0.3 is 0 Å². The number of unbranched alkanes of at least 4 members (excludes halogenated alkanes) is 1. The molecule has 16 heavy (non-hydrogen) atoms. The predicted molar refractivity (Wildman–Crippen MR) is 64.8 cm³/mol. The Morgan fingerprint density at radius 3 is 2.00 bits per heavy atom. The number of hydrogen-bond donors (Lipinski definition) is 0. The minimum absolute atomic E-state index is 0.972. The molecular weight excluding hydrogens is 202 g/mol. The molecule has 0 aromatic carbocycles. The van der Waals surface area contributed by atoms with Crippen LogP contribution in [0.25, 0.3) is 0 Å². The molecule has 0 aromatic rings. The second kappa shape index (κ2) is 8.57. The molecule has 1 heterocycles. The maximum atomic E-state index is 8.89. The molecule has 1 aliphatic heterocycles. The first-order chi connectivity index (χ1) is 7.56. The monoisotopic (exact) mass is 229 g/mol. The number of likely N-dealkylation sites (tertiary alicyclic amines) is 1. The summed E-state index contributed by atoms with van der Waals surface area (Å²) in [7, 11) is 0. The molecule has 0 aliphatic carbocycles. The fourth-order valence-electron chi connectivity index (χ4n) is 2.53. The third-order valence-corrected chi connectivity index (χ3v) is 3.20. The van der Waals surface area contributed by atoms with E-state index in [1.54, 1.807) is 0 Å². The van der Waals surface area contributed by atoms with Crippen molar-refractivity contribution in [3.63, 3.8) is 0 Å². The number of hydrogen-bond acceptors (Lipinski definition) is 2. The molecule has 0 atom stereocenters. The van der Waals surface area contributed by atoms with Crippen molar-refractivity contribution in [3.05, 3.63) is 0 Å². The summed E-state index contributed by atoms with van der Waals surface area (Å²) in [6.07, 6.45) is 7.11. The van der Waals surface area contributed by atoms with E-state index in [9.17, 15) is 0 Å². The van der Waals surface area contributed by atoms with Crippen LogP contribution in [0, 0.1) is 0 Å². The van der Waals surface area contributed by atoms with Crippen LogP contribution in [0.3, 0.4) is 0 Å². The second-order valence-corrected chi connectivity index (χ2v) is 4.79. The van der Waals surface area contributed by atoms with Gasteiger partial charge in [-0.05, 0) is 19.8 Å². The van der Waals surface area contributed by atoms with Gasteiger partial charge in [0.25, 0.3) is 0 Å². The lowest BCUT2D eigenvalue weighted by Crippen LogP contribution is -2.46.